The van der Waals surface area contributed by atoms with Gasteiger partial charge in [-0.25, -0.2) is 0 Å². The molecule has 13 aromatic rings. The minimum absolute atomic E-state index is 0.523. The SMILES string of the molecule is CC.Cc1ccccc1-c1cccc(-c2ccc(N(c3ccc4c(c3)-c3ccccc3C43c4ccccc4-n4c5ccccc5c5cccc3c54)c3ccc4c5ccccc5c5ccccc5c4c3)cc2)c1C1CCC1. The topological polar surface area (TPSA) is 8.17 Å². The Labute approximate surface area is 444 Å². The maximum atomic E-state index is 2.53. The minimum Gasteiger partial charge on any atom is -0.310 e. The predicted octanol–water partition coefficient (Wildman–Crippen LogP) is 20.3. The summed E-state index contributed by atoms with van der Waals surface area (Å²) in [5.41, 5.74) is 22.6. The van der Waals surface area contributed by atoms with E-state index in [1.165, 1.54) is 146 Å². The summed E-state index contributed by atoms with van der Waals surface area (Å²) in [7, 11) is 0. The van der Waals surface area contributed by atoms with E-state index in [0.717, 1.165) is 17.1 Å². The maximum Gasteiger partial charge on any atom is 0.0754 e. The zero-order valence-electron chi connectivity index (χ0n) is 43.2. The van der Waals surface area contributed by atoms with Crippen LogP contribution in [0.4, 0.5) is 17.1 Å². The van der Waals surface area contributed by atoms with Crippen molar-refractivity contribution in [3.8, 4) is 39.1 Å². The van der Waals surface area contributed by atoms with Crippen LogP contribution < -0.4 is 4.90 Å². The lowest BCUT2D eigenvalue weighted by atomic mass is 9.65. The molecule has 0 saturated heterocycles. The van der Waals surface area contributed by atoms with Crippen LogP contribution in [0.15, 0.2) is 243 Å². The summed E-state index contributed by atoms with van der Waals surface area (Å²) in [6.07, 6.45) is 3.76. The Balaban J connectivity index is 0.00000250. The van der Waals surface area contributed by atoms with Gasteiger partial charge in [-0.2, -0.15) is 0 Å². The molecular weight excluding hydrogens is 917 g/mol. The van der Waals surface area contributed by atoms with Crippen molar-refractivity contribution in [1.82, 2.24) is 4.57 Å². The molecule has 12 aromatic carbocycles. The average molecular weight is 973 g/mol. The highest BCUT2D eigenvalue weighted by Gasteiger charge is 2.51. The Morgan fingerprint density at radius 2 is 0.908 bits per heavy atom. The number of hydrogen-bond acceptors (Lipinski definition) is 1. The van der Waals surface area contributed by atoms with Crippen molar-refractivity contribution in [2.75, 3.05) is 4.90 Å². The Morgan fingerprint density at radius 1 is 0.382 bits per heavy atom. The Morgan fingerprint density at radius 3 is 1.64 bits per heavy atom. The van der Waals surface area contributed by atoms with Crippen LogP contribution in [-0.4, -0.2) is 4.57 Å². The van der Waals surface area contributed by atoms with Crippen LogP contribution in [0.3, 0.4) is 0 Å². The first kappa shape index (κ1) is 44.5. The van der Waals surface area contributed by atoms with Crippen molar-refractivity contribution >= 4 is 71.2 Å². The number of fused-ring (bicyclic) bond motifs is 18. The van der Waals surface area contributed by atoms with Crippen LogP contribution in [0, 0.1) is 6.92 Å². The molecule has 1 saturated carbocycles. The summed E-state index contributed by atoms with van der Waals surface area (Å²) in [6.45, 7) is 6.25. The second-order valence-electron chi connectivity index (χ2n) is 21.0. The first-order valence-corrected chi connectivity index (χ1v) is 27.4. The van der Waals surface area contributed by atoms with E-state index in [1.54, 1.807) is 0 Å². The van der Waals surface area contributed by atoms with Gasteiger partial charge >= 0.3 is 0 Å². The minimum atomic E-state index is -0.523. The lowest BCUT2D eigenvalue weighted by Crippen LogP contribution is -2.33. The molecule has 1 unspecified atom stereocenters. The van der Waals surface area contributed by atoms with Gasteiger partial charge in [-0.05, 0) is 173 Å². The zero-order valence-corrected chi connectivity index (χ0v) is 43.2. The molecule has 3 aliphatic rings. The number of rotatable bonds is 6. The maximum absolute atomic E-state index is 2.53. The van der Waals surface area contributed by atoms with Gasteiger partial charge in [-0.3, -0.25) is 0 Å². The van der Waals surface area contributed by atoms with Gasteiger partial charge in [0, 0.05) is 27.8 Å². The monoisotopic (exact) mass is 972 g/mol. The van der Waals surface area contributed by atoms with Gasteiger partial charge in [0.2, 0.25) is 0 Å². The molecule has 0 amide bonds. The highest BCUT2D eigenvalue weighted by atomic mass is 15.1. The van der Waals surface area contributed by atoms with Gasteiger partial charge < -0.3 is 9.47 Å². The highest BCUT2D eigenvalue weighted by molar-refractivity contribution is 6.26. The fourth-order valence-corrected chi connectivity index (χ4v) is 14.0. The molecule has 76 heavy (non-hydrogen) atoms. The van der Waals surface area contributed by atoms with Crippen molar-refractivity contribution in [2.45, 2.75) is 51.4 Å². The molecule has 2 aliphatic carbocycles. The molecular formula is C74H56N2. The van der Waals surface area contributed by atoms with Gasteiger partial charge in [0.05, 0.1) is 22.1 Å². The molecule has 0 N–H and O–H groups in total. The van der Waals surface area contributed by atoms with Crippen LogP contribution in [0.25, 0.3) is 93.2 Å². The second-order valence-corrected chi connectivity index (χ2v) is 21.0. The van der Waals surface area contributed by atoms with E-state index in [0.29, 0.717) is 5.92 Å². The largest absolute Gasteiger partial charge is 0.310 e. The Bertz CT molecular complexity index is 4460. The molecule has 1 spiro atoms. The number of hydrogen-bond donors (Lipinski definition) is 0. The van der Waals surface area contributed by atoms with Crippen molar-refractivity contribution in [1.29, 1.82) is 0 Å². The molecule has 1 atom stereocenters. The summed E-state index contributed by atoms with van der Waals surface area (Å²) < 4.78 is 2.53. The number of aromatic nitrogens is 1. The summed E-state index contributed by atoms with van der Waals surface area (Å²) in [6, 6.07) is 92.0. The van der Waals surface area contributed by atoms with E-state index >= 15 is 0 Å². The highest BCUT2D eigenvalue weighted by Crippen LogP contribution is 2.62. The molecule has 16 rings (SSSR count). The number of nitrogens with zero attached hydrogens (tertiary/aromatic N) is 2. The van der Waals surface area contributed by atoms with Crippen molar-refractivity contribution < 1.29 is 0 Å². The van der Waals surface area contributed by atoms with E-state index in [9.17, 15) is 0 Å². The van der Waals surface area contributed by atoms with E-state index < -0.39 is 5.41 Å². The van der Waals surface area contributed by atoms with Gasteiger partial charge in [0.1, 0.15) is 0 Å². The predicted molar refractivity (Wildman–Crippen MR) is 322 cm³/mol. The number of benzene rings is 12. The van der Waals surface area contributed by atoms with Gasteiger partial charge in [-0.1, -0.05) is 214 Å². The van der Waals surface area contributed by atoms with Crippen LogP contribution in [0.5, 0.6) is 0 Å². The van der Waals surface area contributed by atoms with Crippen LogP contribution in [0.2, 0.25) is 0 Å². The second kappa shape index (κ2) is 17.3. The lowest BCUT2D eigenvalue weighted by molar-refractivity contribution is 0.421. The normalized spacial score (nSPS) is 15.1. The van der Waals surface area contributed by atoms with Gasteiger partial charge in [0.25, 0.3) is 0 Å². The Hall–Kier alpha value is -8.98. The van der Waals surface area contributed by atoms with E-state index in [4.69, 9.17) is 0 Å². The van der Waals surface area contributed by atoms with E-state index in [1.807, 2.05) is 13.8 Å². The molecule has 0 bridgehead atoms. The van der Waals surface area contributed by atoms with Crippen molar-refractivity contribution in [2.24, 2.45) is 0 Å². The third-order valence-electron chi connectivity index (χ3n) is 17.4. The van der Waals surface area contributed by atoms with Gasteiger partial charge in [-0.15, -0.1) is 0 Å². The first-order chi connectivity index (χ1) is 37.6. The lowest BCUT2D eigenvalue weighted by Gasteiger charge is -2.39. The molecule has 1 aromatic heterocycles. The van der Waals surface area contributed by atoms with Crippen LogP contribution in [0.1, 0.15) is 72.4 Å². The Kier molecular flexibility index (Phi) is 10.1. The number of para-hydroxylation sites is 3. The van der Waals surface area contributed by atoms with Crippen molar-refractivity contribution in [3.63, 3.8) is 0 Å². The molecule has 2 nitrogen and oxygen atoms in total. The fraction of sp³-hybridized carbons (Fsp3) is 0.108. The van der Waals surface area contributed by atoms with Crippen LogP contribution >= 0.6 is 0 Å². The van der Waals surface area contributed by atoms with Crippen molar-refractivity contribution in [3.05, 3.63) is 276 Å². The first-order valence-electron chi connectivity index (χ1n) is 27.4. The molecule has 2 heterocycles. The third-order valence-corrected chi connectivity index (χ3v) is 17.4. The summed E-state index contributed by atoms with van der Waals surface area (Å²) >= 11 is 0. The zero-order chi connectivity index (χ0) is 50.6. The number of anilines is 3. The fourth-order valence-electron chi connectivity index (χ4n) is 14.0. The third kappa shape index (κ3) is 6.22. The summed E-state index contributed by atoms with van der Waals surface area (Å²) in [4.78, 5) is 2.51. The smallest absolute Gasteiger partial charge is 0.0754 e. The molecule has 1 aliphatic heterocycles. The summed E-state index contributed by atoms with van der Waals surface area (Å²) in [5.74, 6) is 0.560. The average Bonchev–Trinajstić information content (AvgIpc) is 4.04. The molecule has 0 radical (unpaired) electrons. The van der Waals surface area contributed by atoms with E-state index in [-0.39, 0.29) is 0 Å². The van der Waals surface area contributed by atoms with Crippen LogP contribution in [-0.2, 0) is 5.41 Å². The van der Waals surface area contributed by atoms with Gasteiger partial charge in [0.15, 0.2) is 0 Å². The summed E-state index contributed by atoms with van der Waals surface area (Å²) in [5, 5.41) is 10.2. The standard InChI is InChI=1S/C72H50N2.C2H6/c1-45-17-2-3-20-51(45)60-28-15-27-52(70(60)47-18-14-19-47)46-35-37-48(38-36-46)73(49-39-41-57-55-23-5-4-21-53(55)54-22-6-7-24-56(54)62(57)43-49)50-40-42-65-63(44-50)58-25-8-10-30-64(58)72(65)66-31-11-13-34-69(66)74-68-33-12-9-26-59(68)61-29-16-32-67(72)71(61)74;1-2/h2-13,15-17,20-44,47H,14,18-19H2,1H3;1-2H3. The number of aryl methyl sites for hydroxylation is 1. The molecule has 2 heteroatoms. The quantitative estimate of drug-likeness (QED) is 0.151. The molecule has 1 fully saturated rings. The molecule has 362 valence electrons. The van der Waals surface area contributed by atoms with E-state index in [2.05, 4.69) is 259 Å².